The van der Waals surface area contributed by atoms with Crippen molar-refractivity contribution in [2.75, 3.05) is 31.6 Å². The summed E-state index contributed by atoms with van der Waals surface area (Å²) in [6.07, 6.45) is 2.14. The molecule has 0 spiro atoms. The van der Waals surface area contributed by atoms with Gasteiger partial charge in [0.15, 0.2) is 0 Å². The molecule has 0 aliphatic carbocycles. The van der Waals surface area contributed by atoms with E-state index in [2.05, 4.69) is 6.92 Å². The lowest BCUT2D eigenvalue weighted by Gasteiger charge is -2.25. The highest BCUT2D eigenvalue weighted by atomic mass is 19.1. The van der Waals surface area contributed by atoms with E-state index in [1.807, 2.05) is 11.9 Å². The maximum atomic E-state index is 13.0. The van der Waals surface area contributed by atoms with Gasteiger partial charge in [-0.2, -0.15) is 0 Å². The van der Waals surface area contributed by atoms with Crippen molar-refractivity contribution in [2.45, 2.75) is 26.2 Å². The molecule has 0 atom stereocenters. The zero-order valence-electron chi connectivity index (χ0n) is 13.2. The molecule has 0 saturated carbocycles. The summed E-state index contributed by atoms with van der Waals surface area (Å²) in [5.74, 6) is -0.975. The van der Waals surface area contributed by atoms with Crippen molar-refractivity contribution in [3.8, 4) is 0 Å². The Labute approximate surface area is 130 Å². The lowest BCUT2D eigenvalue weighted by Crippen LogP contribution is -2.41. The predicted molar refractivity (Wildman–Crippen MR) is 85.0 cm³/mol. The molecule has 0 radical (unpaired) electrons. The van der Waals surface area contributed by atoms with E-state index in [-0.39, 0.29) is 31.2 Å². The van der Waals surface area contributed by atoms with Crippen LogP contribution in [-0.4, -0.2) is 43.4 Å². The van der Waals surface area contributed by atoms with Crippen LogP contribution in [-0.2, 0) is 9.59 Å². The van der Waals surface area contributed by atoms with Crippen LogP contribution < -0.4 is 10.6 Å². The van der Waals surface area contributed by atoms with Gasteiger partial charge in [0.2, 0.25) is 11.8 Å². The molecule has 0 aromatic heterocycles. The Morgan fingerprint density at radius 1 is 1.18 bits per heavy atom. The molecule has 2 N–H and O–H groups in total. The summed E-state index contributed by atoms with van der Waals surface area (Å²) < 4.78 is 13.0. The van der Waals surface area contributed by atoms with Crippen LogP contribution in [0, 0.1) is 5.82 Å². The number of unbranched alkanes of at least 4 members (excludes halogenated alkanes) is 1. The quantitative estimate of drug-likeness (QED) is 0.756. The third kappa shape index (κ3) is 6.22. The first kappa shape index (κ1) is 18.1. The Balaban J connectivity index is 2.78. The van der Waals surface area contributed by atoms with Crippen molar-refractivity contribution in [1.29, 1.82) is 0 Å². The van der Waals surface area contributed by atoms with Crippen LogP contribution in [0.5, 0.6) is 0 Å². The molecule has 5 nitrogen and oxygen atoms in total. The van der Waals surface area contributed by atoms with E-state index in [1.165, 1.54) is 29.2 Å². The van der Waals surface area contributed by atoms with Crippen LogP contribution in [0.15, 0.2) is 24.3 Å². The normalized spacial score (nSPS) is 10.7. The Bertz CT molecular complexity index is 491. The highest BCUT2D eigenvalue weighted by Gasteiger charge is 2.18. The number of carbonyl (C=O) groups excluding carboxylic acids is 2. The molecule has 1 aromatic carbocycles. The molecule has 1 rings (SSSR count). The van der Waals surface area contributed by atoms with Gasteiger partial charge >= 0.3 is 0 Å². The number of nitrogens with two attached hydrogens (primary N) is 1. The van der Waals surface area contributed by atoms with Crippen molar-refractivity contribution >= 4 is 17.5 Å². The monoisotopic (exact) mass is 309 g/mol. The third-order valence-electron chi connectivity index (χ3n) is 3.32. The SMILES string of the molecule is CCCCN(C)CC(=O)N(CCC(N)=O)c1ccc(F)cc1. The zero-order chi connectivity index (χ0) is 16.5. The summed E-state index contributed by atoms with van der Waals surface area (Å²) in [6, 6.07) is 5.64. The molecule has 2 amide bonds. The van der Waals surface area contributed by atoms with Gasteiger partial charge in [0.1, 0.15) is 5.82 Å². The molecular weight excluding hydrogens is 285 g/mol. The Hall–Kier alpha value is -1.95. The highest BCUT2D eigenvalue weighted by molar-refractivity contribution is 5.95. The van der Waals surface area contributed by atoms with Crippen LogP contribution in [0.1, 0.15) is 26.2 Å². The molecule has 0 heterocycles. The molecule has 1 aromatic rings. The van der Waals surface area contributed by atoms with Gasteiger partial charge in [-0.05, 0) is 44.3 Å². The van der Waals surface area contributed by atoms with E-state index < -0.39 is 5.91 Å². The largest absolute Gasteiger partial charge is 0.370 e. The Kier molecular flexibility index (Phi) is 7.52. The lowest BCUT2D eigenvalue weighted by atomic mass is 10.2. The van der Waals surface area contributed by atoms with Crippen LogP contribution in [0.2, 0.25) is 0 Å². The van der Waals surface area contributed by atoms with Gasteiger partial charge in [-0.25, -0.2) is 4.39 Å². The topological polar surface area (TPSA) is 66.6 Å². The van der Waals surface area contributed by atoms with Crippen molar-refractivity contribution < 1.29 is 14.0 Å². The number of hydrogen-bond acceptors (Lipinski definition) is 3. The Morgan fingerprint density at radius 2 is 1.82 bits per heavy atom. The van der Waals surface area contributed by atoms with Crippen LogP contribution in [0.3, 0.4) is 0 Å². The second-order valence-electron chi connectivity index (χ2n) is 5.33. The minimum absolute atomic E-state index is 0.0712. The average molecular weight is 309 g/mol. The number of hydrogen-bond donors (Lipinski definition) is 1. The molecule has 0 fully saturated rings. The van der Waals surface area contributed by atoms with E-state index in [9.17, 15) is 14.0 Å². The van der Waals surface area contributed by atoms with Crippen LogP contribution >= 0.6 is 0 Å². The fourth-order valence-corrected chi connectivity index (χ4v) is 2.06. The first-order valence-corrected chi connectivity index (χ1v) is 7.46. The van der Waals surface area contributed by atoms with Gasteiger partial charge in [0.05, 0.1) is 6.54 Å². The summed E-state index contributed by atoms with van der Waals surface area (Å²) in [5.41, 5.74) is 5.73. The van der Waals surface area contributed by atoms with E-state index in [4.69, 9.17) is 5.73 Å². The summed E-state index contributed by atoms with van der Waals surface area (Å²) in [4.78, 5) is 26.9. The predicted octanol–water partition coefficient (Wildman–Crippen LogP) is 1.77. The van der Waals surface area contributed by atoms with Crippen molar-refractivity contribution in [1.82, 2.24) is 4.90 Å². The van der Waals surface area contributed by atoms with E-state index in [0.29, 0.717) is 5.69 Å². The second kappa shape index (κ2) is 9.15. The van der Waals surface area contributed by atoms with Gasteiger partial charge in [-0.3, -0.25) is 14.5 Å². The molecule has 22 heavy (non-hydrogen) atoms. The van der Waals surface area contributed by atoms with Gasteiger partial charge in [-0.1, -0.05) is 13.3 Å². The summed E-state index contributed by atoms with van der Waals surface area (Å²) in [5, 5.41) is 0. The molecule has 0 unspecified atom stereocenters. The first-order chi connectivity index (χ1) is 10.4. The first-order valence-electron chi connectivity index (χ1n) is 7.46. The van der Waals surface area contributed by atoms with Gasteiger partial charge in [0, 0.05) is 18.7 Å². The van der Waals surface area contributed by atoms with Crippen molar-refractivity contribution in [2.24, 2.45) is 5.73 Å². The fraction of sp³-hybridized carbons (Fsp3) is 0.500. The van der Waals surface area contributed by atoms with Gasteiger partial charge in [-0.15, -0.1) is 0 Å². The Morgan fingerprint density at radius 3 is 2.36 bits per heavy atom. The number of halogens is 1. The van der Waals surface area contributed by atoms with Crippen molar-refractivity contribution in [3.63, 3.8) is 0 Å². The number of carbonyl (C=O) groups is 2. The number of nitrogens with zero attached hydrogens (tertiary/aromatic N) is 2. The van der Waals surface area contributed by atoms with E-state index in [0.717, 1.165) is 19.4 Å². The minimum Gasteiger partial charge on any atom is -0.370 e. The average Bonchev–Trinajstić information content (AvgIpc) is 2.46. The zero-order valence-corrected chi connectivity index (χ0v) is 13.2. The molecule has 0 aliphatic rings. The highest BCUT2D eigenvalue weighted by Crippen LogP contribution is 2.16. The van der Waals surface area contributed by atoms with E-state index >= 15 is 0 Å². The van der Waals surface area contributed by atoms with Gasteiger partial charge in [0.25, 0.3) is 0 Å². The summed E-state index contributed by atoms with van der Waals surface area (Å²) >= 11 is 0. The smallest absolute Gasteiger partial charge is 0.241 e. The number of likely N-dealkylation sites (N-methyl/N-ethyl adjacent to an activating group) is 1. The lowest BCUT2D eigenvalue weighted by molar-refractivity contribution is -0.119. The van der Waals surface area contributed by atoms with Crippen LogP contribution in [0.4, 0.5) is 10.1 Å². The second-order valence-corrected chi connectivity index (χ2v) is 5.33. The fourth-order valence-electron chi connectivity index (χ4n) is 2.06. The summed E-state index contributed by atoms with van der Waals surface area (Å²) in [6.45, 7) is 3.36. The number of amides is 2. The maximum absolute atomic E-state index is 13.0. The molecule has 0 saturated heterocycles. The molecule has 0 aliphatic heterocycles. The molecule has 122 valence electrons. The van der Waals surface area contributed by atoms with Crippen LogP contribution in [0.25, 0.3) is 0 Å². The number of rotatable bonds is 9. The van der Waals surface area contributed by atoms with E-state index in [1.54, 1.807) is 0 Å². The number of anilines is 1. The third-order valence-corrected chi connectivity index (χ3v) is 3.32. The van der Waals surface area contributed by atoms with Gasteiger partial charge < -0.3 is 10.6 Å². The molecular formula is C16H24FN3O2. The summed E-state index contributed by atoms with van der Waals surface area (Å²) in [7, 11) is 1.88. The molecule has 6 heteroatoms. The number of benzene rings is 1. The standard InChI is InChI=1S/C16H24FN3O2/c1-3-4-10-19(2)12-16(22)20(11-9-15(18)21)14-7-5-13(17)6-8-14/h5-8H,3-4,9-12H2,1-2H3,(H2,18,21). The minimum atomic E-state index is -0.473. The number of primary amides is 1. The van der Waals surface area contributed by atoms with Crippen molar-refractivity contribution in [3.05, 3.63) is 30.1 Å². The maximum Gasteiger partial charge on any atom is 0.241 e. The molecule has 0 bridgehead atoms.